The molecule has 2 heterocycles. The topological polar surface area (TPSA) is 29.0 Å². The summed E-state index contributed by atoms with van der Waals surface area (Å²) in [6.45, 7) is 4.44. The molecule has 0 unspecified atom stereocenters. The van der Waals surface area contributed by atoms with Gasteiger partial charge in [0.1, 0.15) is 0 Å². The number of piperidine rings is 1. The minimum atomic E-state index is 0.457. The summed E-state index contributed by atoms with van der Waals surface area (Å²) in [4.78, 5) is 2.28. The van der Waals surface area contributed by atoms with Gasteiger partial charge in [0.25, 0.3) is 0 Å². The van der Waals surface area contributed by atoms with Gasteiger partial charge in [-0.1, -0.05) is 18.5 Å². The molecule has 4 heteroatoms. The average Bonchev–Trinajstić information content (AvgIpc) is 2.19. The predicted octanol–water partition coefficient (Wildman–Crippen LogP) is 2.37. The number of aromatic nitrogens is 2. The molecule has 1 atom stereocenters. The van der Waals surface area contributed by atoms with Crippen molar-refractivity contribution in [1.29, 1.82) is 0 Å². The monoisotopic (exact) mass is 211 g/mol. The van der Waals surface area contributed by atoms with Crippen LogP contribution in [0.2, 0.25) is 5.15 Å². The molecule has 0 aliphatic carbocycles. The van der Waals surface area contributed by atoms with Crippen LogP contribution in [0.25, 0.3) is 0 Å². The maximum absolute atomic E-state index is 5.69. The molecule has 0 aromatic carbocycles. The van der Waals surface area contributed by atoms with Gasteiger partial charge < -0.3 is 4.90 Å². The molecule has 0 amide bonds. The zero-order valence-corrected chi connectivity index (χ0v) is 9.04. The molecule has 0 radical (unpaired) electrons. The second-order valence-electron chi connectivity index (χ2n) is 3.91. The van der Waals surface area contributed by atoms with Crippen LogP contribution in [0.4, 0.5) is 5.82 Å². The highest BCUT2D eigenvalue weighted by Crippen LogP contribution is 2.20. The fourth-order valence-electron chi connectivity index (χ4n) is 1.88. The zero-order valence-electron chi connectivity index (χ0n) is 8.28. The van der Waals surface area contributed by atoms with Crippen molar-refractivity contribution in [1.82, 2.24) is 10.2 Å². The Kier molecular flexibility index (Phi) is 2.87. The van der Waals surface area contributed by atoms with Gasteiger partial charge in [-0.05, 0) is 30.9 Å². The number of rotatable bonds is 1. The van der Waals surface area contributed by atoms with Crippen LogP contribution >= 0.6 is 11.6 Å². The fourth-order valence-corrected chi connectivity index (χ4v) is 1.98. The molecular weight excluding hydrogens is 198 g/mol. The fraction of sp³-hybridized carbons (Fsp3) is 0.600. The molecule has 76 valence electrons. The predicted molar refractivity (Wildman–Crippen MR) is 57.7 cm³/mol. The first-order valence-electron chi connectivity index (χ1n) is 5.00. The highest BCUT2D eigenvalue weighted by atomic mass is 35.5. The Labute approximate surface area is 89.1 Å². The van der Waals surface area contributed by atoms with Crippen molar-refractivity contribution in [3.05, 3.63) is 17.3 Å². The highest BCUT2D eigenvalue weighted by Gasteiger charge is 2.17. The van der Waals surface area contributed by atoms with Gasteiger partial charge in [-0.3, -0.25) is 0 Å². The molecule has 0 spiro atoms. The molecule has 14 heavy (non-hydrogen) atoms. The molecule has 1 aliphatic heterocycles. The maximum Gasteiger partial charge on any atom is 0.151 e. The molecule has 0 N–H and O–H groups in total. The van der Waals surface area contributed by atoms with Crippen LogP contribution in [-0.4, -0.2) is 23.3 Å². The summed E-state index contributed by atoms with van der Waals surface area (Å²) >= 11 is 5.69. The second kappa shape index (κ2) is 4.13. The van der Waals surface area contributed by atoms with Gasteiger partial charge >= 0.3 is 0 Å². The van der Waals surface area contributed by atoms with Crippen molar-refractivity contribution in [2.45, 2.75) is 19.8 Å². The van der Waals surface area contributed by atoms with E-state index in [4.69, 9.17) is 11.6 Å². The van der Waals surface area contributed by atoms with E-state index in [0.29, 0.717) is 5.15 Å². The first-order valence-corrected chi connectivity index (χ1v) is 5.37. The van der Waals surface area contributed by atoms with Gasteiger partial charge in [0.05, 0.1) is 0 Å². The standard InChI is InChI=1S/C10H14ClN3/c1-8-3-2-6-14(7-8)10-5-4-9(11)12-13-10/h4-5,8H,2-3,6-7H2,1H3/t8-/m0/s1. The Hall–Kier alpha value is -0.830. The van der Waals surface area contributed by atoms with Gasteiger partial charge in [-0.2, -0.15) is 0 Å². The smallest absolute Gasteiger partial charge is 0.151 e. The van der Waals surface area contributed by atoms with E-state index in [0.717, 1.165) is 24.8 Å². The Morgan fingerprint density at radius 2 is 2.29 bits per heavy atom. The van der Waals surface area contributed by atoms with E-state index < -0.39 is 0 Å². The Morgan fingerprint density at radius 3 is 2.93 bits per heavy atom. The number of halogens is 1. The summed E-state index contributed by atoms with van der Waals surface area (Å²) in [7, 11) is 0. The second-order valence-corrected chi connectivity index (χ2v) is 4.29. The largest absolute Gasteiger partial charge is 0.355 e. The number of nitrogens with zero attached hydrogens (tertiary/aromatic N) is 3. The van der Waals surface area contributed by atoms with E-state index in [1.807, 2.05) is 6.07 Å². The van der Waals surface area contributed by atoms with Gasteiger partial charge in [-0.25, -0.2) is 0 Å². The maximum atomic E-state index is 5.69. The van der Waals surface area contributed by atoms with Crippen LogP contribution in [0.15, 0.2) is 12.1 Å². The minimum Gasteiger partial charge on any atom is -0.355 e. The molecule has 1 aromatic rings. The Bertz CT molecular complexity index is 299. The Morgan fingerprint density at radius 1 is 1.43 bits per heavy atom. The molecule has 2 rings (SSSR count). The first-order chi connectivity index (χ1) is 6.75. The lowest BCUT2D eigenvalue weighted by molar-refractivity contribution is 0.443. The van der Waals surface area contributed by atoms with Crippen LogP contribution in [0, 0.1) is 5.92 Å². The third-order valence-electron chi connectivity index (χ3n) is 2.60. The van der Waals surface area contributed by atoms with Crippen molar-refractivity contribution in [2.24, 2.45) is 5.92 Å². The van der Waals surface area contributed by atoms with E-state index in [1.165, 1.54) is 12.8 Å². The van der Waals surface area contributed by atoms with Crippen LogP contribution < -0.4 is 4.90 Å². The molecular formula is C10H14ClN3. The number of anilines is 1. The summed E-state index contributed by atoms with van der Waals surface area (Å²) < 4.78 is 0. The molecule has 1 aliphatic rings. The van der Waals surface area contributed by atoms with Crippen molar-refractivity contribution in [3.63, 3.8) is 0 Å². The van der Waals surface area contributed by atoms with Crippen LogP contribution in [0.5, 0.6) is 0 Å². The highest BCUT2D eigenvalue weighted by molar-refractivity contribution is 6.29. The molecule has 0 bridgehead atoms. The van der Waals surface area contributed by atoms with Crippen LogP contribution in [0.3, 0.4) is 0 Å². The quantitative estimate of drug-likeness (QED) is 0.714. The summed E-state index contributed by atoms with van der Waals surface area (Å²) in [5, 5.41) is 8.39. The SMILES string of the molecule is C[C@H]1CCCN(c2ccc(Cl)nn2)C1. The van der Waals surface area contributed by atoms with E-state index in [1.54, 1.807) is 6.07 Å². The van der Waals surface area contributed by atoms with Gasteiger partial charge in [0, 0.05) is 13.1 Å². The van der Waals surface area contributed by atoms with Crippen molar-refractivity contribution < 1.29 is 0 Å². The summed E-state index contributed by atoms with van der Waals surface area (Å²) in [6, 6.07) is 3.73. The van der Waals surface area contributed by atoms with Crippen molar-refractivity contribution >= 4 is 17.4 Å². The van der Waals surface area contributed by atoms with E-state index in [-0.39, 0.29) is 0 Å². The van der Waals surface area contributed by atoms with E-state index in [9.17, 15) is 0 Å². The molecule has 1 aromatic heterocycles. The minimum absolute atomic E-state index is 0.457. The third kappa shape index (κ3) is 2.15. The van der Waals surface area contributed by atoms with E-state index >= 15 is 0 Å². The third-order valence-corrected chi connectivity index (χ3v) is 2.80. The molecule has 1 saturated heterocycles. The average molecular weight is 212 g/mol. The lowest BCUT2D eigenvalue weighted by atomic mass is 10.0. The Balaban J connectivity index is 2.10. The number of hydrogen-bond acceptors (Lipinski definition) is 3. The first kappa shape index (κ1) is 9.71. The van der Waals surface area contributed by atoms with Gasteiger partial charge in [0.15, 0.2) is 11.0 Å². The normalized spacial score (nSPS) is 22.4. The summed E-state index contributed by atoms with van der Waals surface area (Å²) in [6.07, 6.45) is 2.56. The van der Waals surface area contributed by atoms with Gasteiger partial charge in [-0.15, -0.1) is 10.2 Å². The zero-order chi connectivity index (χ0) is 9.97. The number of hydrogen-bond donors (Lipinski definition) is 0. The van der Waals surface area contributed by atoms with Crippen LogP contribution in [0.1, 0.15) is 19.8 Å². The molecule has 1 fully saturated rings. The lowest BCUT2D eigenvalue weighted by Crippen LogP contribution is -2.34. The van der Waals surface area contributed by atoms with Crippen LogP contribution in [-0.2, 0) is 0 Å². The molecule has 3 nitrogen and oxygen atoms in total. The van der Waals surface area contributed by atoms with Crippen molar-refractivity contribution in [2.75, 3.05) is 18.0 Å². The van der Waals surface area contributed by atoms with Gasteiger partial charge in [0.2, 0.25) is 0 Å². The lowest BCUT2D eigenvalue weighted by Gasteiger charge is -2.31. The summed E-state index contributed by atoms with van der Waals surface area (Å²) in [5.74, 6) is 1.70. The molecule has 0 saturated carbocycles. The van der Waals surface area contributed by atoms with E-state index in [2.05, 4.69) is 22.0 Å². The summed E-state index contributed by atoms with van der Waals surface area (Å²) in [5.41, 5.74) is 0. The van der Waals surface area contributed by atoms with Crippen molar-refractivity contribution in [3.8, 4) is 0 Å².